The first-order valence-electron chi connectivity index (χ1n) is 6.35. The van der Waals surface area contributed by atoms with Gasteiger partial charge in [0.1, 0.15) is 11.6 Å². The van der Waals surface area contributed by atoms with Crippen LogP contribution < -0.4 is 11.1 Å². The van der Waals surface area contributed by atoms with E-state index < -0.39 is 0 Å². The van der Waals surface area contributed by atoms with Crippen molar-refractivity contribution >= 4 is 17.4 Å². The quantitative estimate of drug-likeness (QED) is 0.909. The van der Waals surface area contributed by atoms with Crippen molar-refractivity contribution in [2.45, 2.75) is 19.4 Å². The Balaban J connectivity index is 2.36. The molecule has 0 saturated heterocycles. The predicted molar refractivity (Wildman–Crippen MR) is 80.3 cm³/mol. The lowest BCUT2D eigenvalue weighted by atomic mass is 9.98. The third kappa shape index (κ3) is 3.08. The number of benzene rings is 1. The van der Waals surface area contributed by atoms with Gasteiger partial charge in [0.2, 0.25) is 0 Å². The van der Waals surface area contributed by atoms with E-state index in [2.05, 4.69) is 10.3 Å². The van der Waals surface area contributed by atoms with Crippen LogP contribution in [0.15, 0.2) is 30.5 Å². The zero-order valence-electron chi connectivity index (χ0n) is 11.5. The summed E-state index contributed by atoms with van der Waals surface area (Å²) < 4.78 is 13.9. The van der Waals surface area contributed by atoms with Crippen LogP contribution in [0.1, 0.15) is 22.7 Å². The minimum absolute atomic E-state index is 0.142. The fraction of sp³-hybridized carbons (Fsp3) is 0.267. The number of nitrogens with one attached hydrogen (secondary N) is 1. The van der Waals surface area contributed by atoms with E-state index in [9.17, 15) is 4.39 Å². The van der Waals surface area contributed by atoms with Gasteiger partial charge in [-0.3, -0.25) is 0 Å². The third-order valence-electron chi connectivity index (χ3n) is 3.28. The Bertz CT molecular complexity index is 596. The maximum atomic E-state index is 13.9. The van der Waals surface area contributed by atoms with Gasteiger partial charge >= 0.3 is 0 Å². The smallest absolute Gasteiger partial charge is 0.128 e. The SMILES string of the molecule is CNC(Cc1c(F)cccc1Cl)c1cc(C)cnc1N. The standard InChI is InChI=1S/C15H17ClFN3/c1-9-6-11(15(18)20-8-9)14(19-2)7-10-12(16)4-3-5-13(10)17/h3-6,8,14,19H,7H2,1-2H3,(H2,18,20). The summed E-state index contributed by atoms with van der Waals surface area (Å²) in [5.41, 5.74) is 8.26. The number of aryl methyl sites for hydroxylation is 1. The lowest BCUT2D eigenvalue weighted by molar-refractivity contribution is 0.554. The normalized spacial score (nSPS) is 12.4. The Morgan fingerprint density at radius 1 is 1.45 bits per heavy atom. The summed E-state index contributed by atoms with van der Waals surface area (Å²) in [5.74, 6) is 0.138. The Morgan fingerprint density at radius 3 is 2.85 bits per heavy atom. The minimum Gasteiger partial charge on any atom is -0.383 e. The van der Waals surface area contributed by atoms with Crippen LogP contribution in [0.5, 0.6) is 0 Å². The molecule has 1 aromatic heterocycles. The molecule has 3 N–H and O–H groups in total. The van der Waals surface area contributed by atoms with Crippen LogP contribution in [0.4, 0.5) is 10.2 Å². The van der Waals surface area contributed by atoms with Gasteiger partial charge in [-0.15, -0.1) is 0 Å². The van der Waals surface area contributed by atoms with Crippen LogP contribution >= 0.6 is 11.6 Å². The van der Waals surface area contributed by atoms with Crippen LogP contribution in [0.3, 0.4) is 0 Å². The number of aromatic nitrogens is 1. The molecular weight excluding hydrogens is 277 g/mol. The average molecular weight is 294 g/mol. The maximum Gasteiger partial charge on any atom is 0.128 e. The van der Waals surface area contributed by atoms with E-state index in [-0.39, 0.29) is 11.9 Å². The summed E-state index contributed by atoms with van der Waals surface area (Å²) in [6, 6.07) is 6.50. The molecule has 2 rings (SSSR count). The Morgan fingerprint density at radius 2 is 2.20 bits per heavy atom. The van der Waals surface area contributed by atoms with Crippen molar-refractivity contribution in [1.29, 1.82) is 0 Å². The van der Waals surface area contributed by atoms with E-state index in [1.807, 2.05) is 13.0 Å². The number of nitrogens with zero attached hydrogens (tertiary/aromatic N) is 1. The Hall–Kier alpha value is -1.65. The van der Waals surface area contributed by atoms with Gasteiger partial charge in [0.15, 0.2) is 0 Å². The number of nitrogen functional groups attached to an aromatic ring is 1. The monoisotopic (exact) mass is 293 g/mol. The molecule has 0 aliphatic rings. The number of anilines is 1. The highest BCUT2D eigenvalue weighted by molar-refractivity contribution is 6.31. The highest BCUT2D eigenvalue weighted by Gasteiger charge is 2.18. The summed E-state index contributed by atoms with van der Waals surface area (Å²) in [4.78, 5) is 4.15. The van der Waals surface area contributed by atoms with E-state index in [1.165, 1.54) is 6.07 Å². The van der Waals surface area contributed by atoms with Gasteiger partial charge in [-0.05, 0) is 44.2 Å². The molecule has 1 heterocycles. The summed E-state index contributed by atoms with van der Waals surface area (Å²) in [6.45, 7) is 1.94. The van der Waals surface area contributed by atoms with Gasteiger partial charge in [0.05, 0.1) is 0 Å². The first-order valence-corrected chi connectivity index (χ1v) is 6.73. The summed E-state index contributed by atoms with van der Waals surface area (Å²) in [6.07, 6.45) is 2.12. The van der Waals surface area contributed by atoms with Crippen molar-refractivity contribution in [1.82, 2.24) is 10.3 Å². The third-order valence-corrected chi connectivity index (χ3v) is 3.63. The van der Waals surface area contributed by atoms with Gasteiger partial charge in [-0.25, -0.2) is 9.37 Å². The molecule has 3 nitrogen and oxygen atoms in total. The highest BCUT2D eigenvalue weighted by Crippen LogP contribution is 2.28. The van der Waals surface area contributed by atoms with E-state index >= 15 is 0 Å². The molecule has 20 heavy (non-hydrogen) atoms. The van der Waals surface area contributed by atoms with Crippen LogP contribution in [-0.2, 0) is 6.42 Å². The summed E-state index contributed by atoms with van der Waals surface area (Å²) in [7, 11) is 1.81. The number of hydrogen-bond acceptors (Lipinski definition) is 3. The number of halogens is 2. The molecule has 0 aliphatic carbocycles. The van der Waals surface area contributed by atoms with Crippen molar-refractivity contribution in [2.24, 2.45) is 0 Å². The van der Waals surface area contributed by atoms with E-state index in [0.29, 0.717) is 22.8 Å². The molecule has 0 aliphatic heterocycles. The predicted octanol–water partition coefficient (Wildman–Crippen LogP) is 3.27. The zero-order valence-corrected chi connectivity index (χ0v) is 12.2. The molecule has 0 spiro atoms. The Labute approximate surface area is 123 Å². The second-order valence-electron chi connectivity index (χ2n) is 4.73. The van der Waals surface area contributed by atoms with Gasteiger partial charge in [-0.1, -0.05) is 17.7 Å². The molecular formula is C15H17ClFN3. The molecule has 2 aromatic rings. The number of rotatable bonds is 4. The number of likely N-dealkylation sites (N-methyl/N-ethyl adjacent to an activating group) is 1. The van der Waals surface area contributed by atoms with Gasteiger partial charge < -0.3 is 11.1 Å². The number of pyridine rings is 1. The second-order valence-corrected chi connectivity index (χ2v) is 5.14. The molecule has 1 atom stereocenters. The molecule has 1 unspecified atom stereocenters. The topological polar surface area (TPSA) is 50.9 Å². The maximum absolute atomic E-state index is 13.9. The fourth-order valence-corrected chi connectivity index (χ4v) is 2.42. The lowest BCUT2D eigenvalue weighted by Gasteiger charge is -2.19. The summed E-state index contributed by atoms with van der Waals surface area (Å²) in [5, 5.41) is 3.56. The summed E-state index contributed by atoms with van der Waals surface area (Å²) >= 11 is 6.07. The number of hydrogen-bond donors (Lipinski definition) is 2. The first kappa shape index (κ1) is 14.8. The van der Waals surface area contributed by atoms with Crippen molar-refractivity contribution in [2.75, 3.05) is 12.8 Å². The second kappa shape index (κ2) is 6.20. The van der Waals surface area contributed by atoms with Crippen LogP contribution in [0, 0.1) is 12.7 Å². The van der Waals surface area contributed by atoms with Crippen molar-refractivity contribution in [3.8, 4) is 0 Å². The molecule has 0 saturated carbocycles. The van der Waals surface area contributed by atoms with E-state index in [4.69, 9.17) is 17.3 Å². The largest absolute Gasteiger partial charge is 0.383 e. The van der Waals surface area contributed by atoms with Crippen molar-refractivity contribution < 1.29 is 4.39 Å². The highest BCUT2D eigenvalue weighted by atomic mass is 35.5. The molecule has 0 bridgehead atoms. The molecule has 5 heteroatoms. The van der Waals surface area contributed by atoms with Crippen molar-refractivity contribution in [3.63, 3.8) is 0 Å². The molecule has 0 amide bonds. The zero-order chi connectivity index (χ0) is 14.7. The van der Waals surface area contributed by atoms with Crippen LogP contribution in [0.25, 0.3) is 0 Å². The van der Waals surface area contributed by atoms with Gasteiger partial charge in [0, 0.05) is 28.4 Å². The number of nitrogens with two attached hydrogens (primary N) is 1. The fourth-order valence-electron chi connectivity index (χ4n) is 2.18. The van der Waals surface area contributed by atoms with E-state index in [1.54, 1.807) is 25.4 Å². The lowest BCUT2D eigenvalue weighted by Crippen LogP contribution is -2.21. The molecule has 1 aromatic carbocycles. The van der Waals surface area contributed by atoms with E-state index in [0.717, 1.165) is 11.1 Å². The van der Waals surface area contributed by atoms with Crippen LogP contribution in [0.2, 0.25) is 5.02 Å². The Kier molecular flexibility index (Phi) is 4.57. The molecule has 106 valence electrons. The van der Waals surface area contributed by atoms with Gasteiger partial charge in [-0.2, -0.15) is 0 Å². The first-order chi connectivity index (χ1) is 9.52. The average Bonchev–Trinajstić information content (AvgIpc) is 2.42. The molecule has 0 radical (unpaired) electrons. The minimum atomic E-state index is -0.308. The van der Waals surface area contributed by atoms with Crippen molar-refractivity contribution in [3.05, 3.63) is 58.0 Å². The molecule has 0 fully saturated rings. The van der Waals surface area contributed by atoms with Gasteiger partial charge in [0.25, 0.3) is 0 Å². The van der Waals surface area contributed by atoms with Crippen LogP contribution in [-0.4, -0.2) is 12.0 Å².